The lowest BCUT2D eigenvalue weighted by atomic mass is 9.98. The fourth-order valence-corrected chi connectivity index (χ4v) is 2.55. The van der Waals surface area contributed by atoms with Gasteiger partial charge in [-0.3, -0.25) is 4.79 Å². The van der Waals surface area contributed by atoms with Gasteiger partial charge in [-0.2, -0.15) is 0 Å². The third-order valence-corrected chi connectivity index (χ3v) is 3.76. The van der Waals surface area contributed by atoms with E-state index >= 15 is 0 Å². The van der Waals surface area contributed by atoms with E-state index in [0.29, 0.717) is 5.89 Å². The molecular weight excluding hydrogens is 268 g/mol. The Morgan fingerprint density at radius 1 is 1.48 bits per heavy atom. The average molecular weight is 286 g/mol. The number of nitrogens with zero attached hydrogens (tertiary/aromatic N) is 2. The van der Waals surface area contributed by atoms with Gasteiger partial charge in [-0.1, -0.05) is 0 Å². The molecule has 110 valence electrons. The van der Waals surface area contributed by atoms with Crippen LogP contribution in [0.2, 0.25) is 0 Å². The zero-order chi connectivity index (χ0) is 14.7. The van der Waals surface area contributed by atoms with Gasteiger partial charge in [-0.15, -0.1) is 10.2 Å². The number of amides is 1. The molecular formula is C15H18N4O2. The maximum atomic E-state index is 12.2. The summed E-state index contributed by atoms with van der Waals surface area (Å²) in [6, 6.07) is 5.68. The molecule has 1 amide bonds. The number of benzene rings is 1. The maximum Gasteiger partial charge on any atom is 0.247 e. The van der Waals surface area contributed by atoms with Crippen molar-refractivity contribution in [2.75, 3.05) is 18.4 Å². The molecule has 1 aromatic heterocycles. The summed E-state index contributed by atoms with van der Waals surface area (Å²) in [5, 5.41) is 13.8. The summed E-state index contributed by atoms with van der Waals surface area (Å²) in [4.78, 5) is 12.2. The number of aromatic nitrogens is 2. The SMILES string of the molecule is Cc1cc(-c2nnco2)ccc1NC(=O)[C@H]1CCCNC1. The highest BCUT2D eigenvalue weighted by atomic mass is 16.4. The van der Waals surface area contributed by atoms with E-state index in [-0.39, 0.29) is 11.8 Å². The molecule has 0 spiro atoms. The Bertz CT molecular complexity index is 619. The van der Waals surface area contributed by atoms with Crippen molar-refractivity contribution in [1.29, 1.82) is 0 Å². The summed E-state index contributed by atoms with van der Waals surface area (Å²) in [5.74, 6) is 0.608. The van der Waals surface area contributed by atoms with E-state index in [2.05, 4.69) is 20.8 Å². The molecule has 1 aromatic carbocycles. The first kappa shape index (κ1) is 13.8. The molecule has 0 unspecified atom stereocenters. The van der Waals surface area contributed by atoms with Crippen molar-refractivity contribution in [3.05, 3.63) is 30.2 Å². The van der Waals surface area contributed by atoms with E-state index in [1.165, 1.54) is 6.39 Å². The number of piperidine rings is 1. The number of aryl methyl sites for hydroxylation is 1. The maximum absolute atomic E-state index is 12.2. The fraction of sp³-hybridized carbons (Fsp3) is 0.400. The Balaban J connectivity index is 1.72. The van der Waals surface area contributed by atoms with Crippen molar-refractivity contribution < 1.29 is 9.21 Å². The van der Waals surface area contributed by atoms with Crippen LogP contribution in [0.5, 0.6) is 0 Å². The Morgan fingerprint density at radius 2 is 2.38 bits per heavy atom. The molecule has 0 radical (unpaired) electrons. The number of hydrogen-bond acceptors (Lipinski definition) is 5. The molecule has 2 aromatic rings. The van der Waals surface area contributed by atoms with Crippen LogP contribution in [0.1, 0.15) is 18.4 Å². The van der Waals surface area contributed by atoms with Crippen LogP contribution in [0, 0.1) is 12.8 Å². The van der Waals surface area contributed by atoms with Gasteiger partial charge in [-0.25, -0.2) is 0 Å². The predicted octanol–water partition coefficient (Wildman–Crippen LogP) is 1.98. The molecule has 0 saturated carbocycles. The molecule has 2 N–H and O–H groups in total. The van der Waals surface area contributed by atoms with Crippen molar-refractivity contribution in [1.82, 2.24) is 15.5 Å². The van der Waals surface area contributed by atoms with Crippen molar-refractivity contribution in [2.24, 2.45) is 5.92 Å². The van der Waals surface area contributed by atoms with Crippen LogP contribution in [0.3, 0.4) is 0 Å². The van der Waals surface area contributed by atoms with Gasteiger partial charge in [0.25, 0.3) is 0 Å². The van der Waals surface area contributed by atoms with Crippen molar-refractivity contribution >= 4 is 11.6 Å². The van der Waals surface area contributed by atoms with Crippen LogP contribution < -0.4 is 10.6 Å². The van der Waals surface area contributed by atoms with E-state index in [4.69, 9.17) is 4.42 Å². The first-order chi connectivity index (χ1) is 10.2. The van der Waals surface area contributed by atoms with Gasteiger partial charge in [0.15, 0.2) is 0 Å². The normalized spacial score (nSPS) is 18.4. The fourth-order valence-electron chi connectivity index (χ4n) is 2.55. The minimum Gasteiger partial charge on any atom is -0.423 e. The smallest absolute Gasteiger partial charge is 0.247 e. The zero-order valence-corrected chi connectivity index (χ0v) is 11.9. The third kappa shape index (κ3) is 3.11. The standard InChI is InChI=1S/C15H18N4O2/c1-10-7-11(15-19-17-9-21-15)4-5-13(10)18-14(20)12-3-2-6-16-8-12/h4-5,7,9,12,16H,2-3,6,8H2,1H3,(H,18,20)/t12-/m0/s1. The van der Waals surface area contributed by atoms with E-state index in [1.54, 1.807) is 0 Å². The Hall–Kier alpha value is -2.21. The summed E-state index contributed by atoms with van der Waals surface area (Å²) < 4.78 is 5.17. The van der Waals surface area contributed by atoms with Gasteiger partial charge >= 0.3 is 0 Å². The van der Waals surface area contributed by atoms with Gasteiger partial charge in [0.05, 0.1) is 5.92 Å². The van der Waals surface area contributed by atoms with Gasteiger partial charge in [0, 0.05) is 17.8 Å². The zero-order valence-electron chi connectivity index (χ0n) is 11.9. The highest BCUT2D eigenvalue weighted by Gasteiger charge is 2.21. The molecule has 6 heteroatoms. The molecule has 3 rings (SSSR count). The average Bonchev–Trinajstić information content (AvgIpc) is 3.04. The predicted molar refractivity (Wildman–Crippen MR) is 78.7 cm³/mol. The van der Waals surface area contributed by atoms with Gasteiger partial charge < -0.3 is 15.1 Å². The van der Waals surface area contributed by atoms with Crippen molar-refractivity contribution in [2.45, 2.75) is 19.8 Å². The molecule has 1 aliphatic rings. The molecule has 21 heavy (non-hydrogen) atoms. The Kier molecular flexibility index (Phi) is 3.96. The molecule has 0 aliphatic carbocycles. The summed E-state index contributed by atoms with van der Waals surface area (Å²) in [7, 11) is 0. The molecule has 0 bridgehead atoms. The van der Waals surface area contributed by atoms with Crippen molar-refractivity contribution in [3.63, 3.8) is 0 Å². The number of nitrogens with one attached hydrogen (secondary N) is 2. The monoisotopic (exact) mass is 286 g/mol. The molecule has 1 aliphatic heterocycles. The first-order valence-corrected chi connectivity index (χ1v) is 7.13. The molecule has 1 saturated heterocycles. The van der Waals surface area contributed by atoms with E-state index in [1.807, 2.05) is 25.1 Å². The number of hydrogen-bond donors (Lipinski definition) is 2. The van der Waals surface area contributed by atoms with Crippen LogP contribution in [-0.4, -0.2) is 29.2 Å². The molecule has 6 nitrogen and oxygen atoms in total. The second kappa shape index (κ2) is 6.05. The van der Waals surface area contributed by atoms with Crippen LogP contribution in [-0.2, 0) is 4.79 Å². The van der Waals surface area contributed by atoms with Crippen LogP contribution in [0.15, 0.2) is 29.0 Å². The third-order valence-electron chi connectivity index (χ3n) is 3.76. The van der Waals surface area contributed by atoms with Crippen LogP contribution >= 0.6 is 0 Å². The minimum absolute atomic E-state index is 0.0498. The summed E-state index contributed by atoms with van der Waals surface area (Å²) in [5.41, 5.74) is 2.65. The number of carbonyl (C=O) groups excluding carboxylic acids is 1. The van der Waals surface area contributed by atoms with Gasteiger partial charge in [-0.05, 0) is 50.1 Å². The lowest BCUT2D eigenvalue weighted by Crippen LogP contribution is -2.37. The quantitative estimate of drug-likeness (QED) is 0.902. The summed E-state index contributed by atoms with van der Waals surface area (Å²) in [6.45, 7) is 3.71. The van der Waals surface area contributed by atoms with E-state index in [9.17, 15) is 4.79 Å². The first-order valence-electron chi connectivity index (χ1n) is 7.13. The summed E-state index contributed by atoms with van der Waals surface area (Å²) in [6.07, 6.45) is 3.29. The topological polar surface area (TPSA) is 80.1 Å². The Labute approximate surface area is 123 Å². The minimum atomic E-state index is 0.0498. The van der Waals surface area contributed by atoms with Crippen molar-refractivity contribution in [3.8, 4) is 11.5 Å². The molecule has 1 atom stereocenters. The highest BCUT2D eigenvalue weighted by molar-refractivity contribution is 5.93. The Morgan fingerprint density at radius 3 is 3.05 bits per heavy atom. The van der Waals surface area contributed by atoms with Gasteiger partial charge in [0.1, 0.15) is 0 Å². The molecule has 2 heterocycles. The number of rotatable bonds is 3. The van der Waals surface area contributed by atoms with E-state index < -0.39 is 0 Å². The van der Waals surface area contributed by atoms with Crippen LogP contribution in [0.4, 0.5) is 5.69 Å². The highest BCUT2D eigenvalue weighted by Crippen LogP contribution is 2.24. The second-order valence-corrected chi connectivity index (χ2v) is 5.31. The van der Waals surface area contributed by atoms with Gasteiger partial charge in [0.2, 0.25) is 18.2 Å². The second-order valence-electron chi connectivity index (χ2n) is 5.31. The molecule has 1 fully saturated rings. The largest absolute Gasteiger partial charge is 0.423 e. The number of carbonyl (C=O) groups is 1. The lowest BCUT2D eigenvalue weighted by molar-refractivity contribution is -0.120. The van der Waals surface area contributed by atoms with E-state index in [0.717, 1.165) is 42.7 Å². The van der Waals surface area contributed by atoms with Crippen LogP contribution in [0.25, 0.3) is 11.5 Å². The summed E-state index contributed by atoms with van der Waals surface area (Å²) >= 11 is 0. The number of anilines is 1. The lowest BCUT2D eigenvalue weighted by Gasteiger charge is -2.22.